The largest absolute Gasteiger partial charge is 0.497 e. The van der Waals surface area contributed by atoms with Gasteiger partial charge in [0.15, 0.2) is 0 Å². The number of carbonyl (C=O) groups excluding carboxylic acids is 1. The number of amides is 1. The van der Waals surface area contributed by atoms with Gasteiger partial charge in [-0.1, -0.05) is 40.9 Å². The van der Waals surface area contributed by atoms with Gasteiger partial charge in [-0.05, 0) is 60.2 Å². The van der Waals surface area contributed by atoms with E-state index in [4.69, 9.17) is 39.5 Å². The topological polar surface area (TPSA) is 50.4 Å². The molecule has 0 aliphatic heterocycles. The maximum Gasteiger partial charge on any atom is 0.417 e. The standard InChI is InChI=1S/C25H16Cl3F7N2O2/c1-39-15-5-3-14(4-6-15)36-37-23(38)16-7-2-12(8-18(16)25(33,34)35)21(29)11-17(24(30,31)32)13-9-19(26)22(28)20(27)10-13/h2-11,17,36H,1H3,(H,37,38)/b21-11-. The van der Waals surface area contributed by atoms with E-state index in [0.717, 1.165) is 18.2 Å². The molecule has 0 bridgehead atoms. The van der Waals surface area contributed by atoms with Crippen LogP contribution >= 0.6 is 34.8 Å². The maximum atomic E-state index is 15.0. The molecule has 0 fully saturated rings. The van der Waals surface area contributed by atoms with Crippen molar-refractivity contribution < 1.29 is 40.3 Å². The third-order valence-electron chi connectivity index (χ3n) is 5.29. The van der Waals surface area contributed by atoms with Gasteiger partial charge in [-0.15, -0.1) is 0 Å². The molecule has 39 heavy (non-hydrogen) atoms. The number of ether oxygens (including phenoxy) is 1. The van der Waals surface area contributed by atoms with Crippen LogP contribution in [0, 0.1) is 0 Å². The fraction of sp³-hybridized carbons (Fsp3) is 0.160. The first-order valence-electron chi connectivity index (χ1n) is 10.6. The molecule has 2 N–H and O–H groups in total. The summed E-state index contributed by atoms with van der Waals surface area (Å²) in [5.41, 5.74) is 0.905. The number of halogens is 10. The Bertz CT molecular complexity index is 1370. The van der Waals surface area contributed by atoms with E-state index in [-0.39, 0.29) is 27.2 Å². The molecule has 0 aromatic heterocycles. The Balaban J connectivity index is 1.95. The van der Waals surface area contributed by atoms with Crippen molar-refractivity contribution in [3.05, 3.63) is 98.0 Å². The highest BCUT2D eigenvalue weighted by Gasteiger charge is 2.41. The summed E-state index contributed by atoms with van der Waals surface area (Å²) in [4.78, 5) is 12.5. The smallest absolute Gasteiger partial charge is 0.417 e. The lowest BCUT2D eigenvalue weighted by Gasteiger charge is -2.19. The van der Waals surface area contributed by atoms with Crippen LogP contribution in [0.4, 0.5) is 36.4 Å². The molecule has 1 amide bonds. The fourth-order valence-electron chi connectivity index (χ4n) is 3.37. The van der Waals surface area contributed by atoms with E-state index in [2.05, 4.69) is 10.9 Å². The van der Waals surface area contributed by atoms with Crippen LogP contribution in [0.25, 0.3) is 5.83 Å². The second kappa shape index (κ2) is 11.9. The Kier molecular flexibility index (Phi) is 9.30. The first kappa shape index (κ1) is 30.4. The van der Waals surface area contributed by atoms with E-state index in [1.165, 1.54) is 31.4 Å². The Morgan fingerprint density at radius 1 is 0.923 bits per heavy atom. The summed E-state index contributed by atoms with van der Waals surface area (Å²) in [6.07, 6.45) is -10.1. The minimum absolute atomic E-state index is 0.0797. The summed E-state index contributed by atoms with van der Waals surface area (Å²) in [5.74, 6) is -5.00. The minimum atomic E-state index is -5.15. The molecular formula is C25H16Cl3F7N2O2. The molecule has 4 nitrogen and oxygen atoms in total. The molecule has 208 valence electrons. The van der Waals surface area contributed by atoms with E-state index in [1.54, 1.807) is 0 Å². The summed E-state index contributed by atoms with van der Waals surface area (Å²) >= 11 is 17.3. The quantitative estimate of drug-likeness (QED) is 0.158. The van der Waals surface area contributed by atoms with Crippen LogP contribution in [0.1, 0.15) is 33.0 Å². The number of hydrogen-bond acceptors (Lipinski definition) is 3. The van der Waals surface area contributed by atoms with Crippen molar-refractivity contribution in [1.82, 2.24) is 5.43 Å². The number of benzene rings is 3. The molecular weight excluding hydrogens is 600 g/mol. The predicted octanol–water partition coefficient (Wildman–Crippen LogP) is 9.09. The van der Waals surface area contributed by atoms with Crippen LogP contribution in [0.3, 0.4) is 0 Å². The zero-order valence-corrected chi connectivity index (χ0v) is 21.7. The average molecular weight is 616 g/mol. The number of allylic oxidation sites excluding steroid dienone is 1. The second-order valence-corrected chi connectivity index (χ2v) is 9.09. The molecule has 0 saturated carbocycles. The van der Waals surface area contributed by atoms with E-state index in [0.29, 0.717) is 17.5 Å². The van der Waals surface area contributed by atoms with Gasteiger partial charge in [0.1, 0.15) is 17.5 Å². The lowest BCUT2D eigenvalue weighted by atomic mass is 9.95. The Morgan fingerprint density at radius 2 is 1.51 bits per heavy atom. The first-order chi connectivity index (χ1) is 18.1. The van der Waals surface area contributed by atoms with Gasteiger partial charge in [0.2, 0.25) is 0 Å². The minimum Gasteiger partial charge on any atom is -0.497 e. The zero-order valence-electron chi connectivity index (χ0n) is 19.4. The van der Waals surface area contributed by atoms with E-state index < -0.39 is 52.3 Å². The summed E-state index contributed by atoms with van der Waals surface area (Å²) in [5, 5.41) is -0.891. The Hall–Kier alpha value is -3.15. The number of anilines is 1. The summed E-state index contributed by atoms with van der Waals surface area (Å²) in [6.45, 7) is 0. The molecule has 3 aromatic carbocycles. The van der Waals surface area contributed by atoms with Crippen molar-refractivity contribution in [3.63, 3.8) is 0 Å². The Morgan fingerprint density at radius 3 is 2.03 bits per heavy atom. The summed E-state index contributed by atoms with van der Waals surface area (Å²) < 4.78 is 103. The number of hydrogen-bond donors (Lipinski definition) is 2. The van der Waals surface area contributed by atoms with E-state index >= 15 is 0 Å². The second-order valence-electron chi connectivity index (χ2n) is 7.90. The molecule has 0 saturated heterocycles. The van der Waals surface area contributed by atoms with Crippen molar-refractivity contribution in [3.8, 4) is 5.75 Å². The molecule has 0 aliphatic rings. The first-order valence-corrected chi connectivity index (χ1v) is 11.8. The number of carbonyl (C=O) groups is 1. The average Bonchev–Trinajstić information content (AvgIpc) is 2.87. The SMILES string of the molecule is COc1ccc(NNC(=O)c2ccc(/C(F)=C/C(c3cc(Cl)c(Cl)c(Cl)c3)C(F)(F)F)cc2C(F)(F)F)cc1. The fourth-order valence-corrected chi connectivity index (χ4v) is 3.99. The predicted molar refractivity (Wildman–Crippen MR) is 135 cm³/mol. The maximum absolute atomic E-state index is 15.0. The molecule has 3 aromatic rings. The van der Waals surface area contributed by atoms with E-state index in [1.807, 2.05) is 0 Å². The van der Waals surface area contributed by atoms with Crippen LogP contribution in [-0.4, -0.2) is 19.2 Å². The molecule has 0 heterocycles. The van der Waals surface area contributed by atoms with Crippen LogP contribution in [0.15, 0.2) is 60.7 Å². The lowest BCUT2D eigenvalue weighted by Crippen LogP contribution is -2.31. The highest BCUT2D eigenvalue weighted by Crippen LogP contribution is 2.42. The van der Waals surface area contributed by atoms with Crippen LogP contribution in [0.5, 0.6) is 5.75 Å². The number of rotatable bonds is 7. The van der Waals surface area contributed by atoms with Gasteiger partial charge in [0.25, 0.3) is 5.91 Å². The number of nitrogens with one attached hydrogen (secondary N) is 2. The van der Waals surface area contributed by atoms with Crippen LogP contribution < -0.4 is 15.6 Å². The van der Waals surface area contributed by atoms with Crippen LogP contribution in [0.2, 0.25) is 15.1 Å². The van der Waals surface area contributed by atoms with Crippen molar-refractivity contribution in [1.29, 1.82) is 0 Å². The number of methoxy groups -OCH3 is 1. The Labute approximate surface area is 232 Å². The molecule has 1 atom stereocenters. The highest BCUT2D eigenvalue weighted by atomic mass is 35.5. The third kappa shape index (κ3) is 7.49. The van der Waals surface area contributed by atoms with Gasteiger partial charge in [-0.3, -0.25) is 15.6 Å². The molecule has 3 rings (SSSR count). The van der Waals surface area contributed by atoms with Crippen molar-refractivity contribution in [2.24, 2.45) is 0 Å². The van der Waals surface area contributed by atoms with E-state index in [9.17, 15) is 35.5 Å². The van der Waals surface area contributed by atoms with Crippen LogP contribution in [-0.2, 0) is 6.18 Å². The molecule has 0 aliphatic carbocycles. The van der Waals surface area contributed by atoms with Gasteiger partial charge in [-0.25, -0.2) is 4.39 Å². The number of alkyl halides is 6. The van der Waals surface area contributed by atoms with Gasteiger partial charge in [-0.2, -0.15) is 26.3 Å². The highest BCUT2D eigenvalue weighted by molar-refractivity contribution is 6.48. The summed E-state index contributed by atoms with van der Waals surface area (Å²) in [6, 6.07) is 9.29. The molecule has 1 unspecified atom stereocenters. The zero-order chi connectivity index (χ0) is 29.1. The van der Waals surface area contributed by atoms with Gasteiger partial charge >= 0.3 is 12.4 Å². The van der Waals surface area contributed by atoms with Gasteiger partial charge in [0, 0.05) is 5.56 Å². The number of hydrazine groups is 1. The lowest BCUT2D eigenvalue weighted by molar-refractivity contribution is -0.140. The van der Waals surface area contributed by atoms with Gasteiger partial charge < -0.3 is 4.74 Å². The summed E-state index contributed by atoms with van der Waals surface area (Å²) in [7, 11) is 1.43. The third-order valence-corrected chi connectivity index (χ3v) is 6.48. The monoisotopic (exact) mass is 614 g/mol. The molecule has 0 radical (unpaired) electrons. The van der Waals surface area contributed by atoms with Crippen molar-refractivity contribution in [2.45, 2.75) is 18.3 Å². The molecule has 0 spiro atoms. The van der Waals surface area contributed by atoms with Gasteiger partial charge in [0.05, 0.1) is 39.0 Å². The normalized spacial score (nSPS) is 13.2. The molecule has 14 heteroatoms. The van der Waals surface area contributed by atoms with Crippen molar-refractivity contribution in [2.75, 3.05) is 12.5 Å². The van der Waals surface area contributed by atoms with Crippen molar-refractivity contribution >= 4 is 52.2 Å².